The molecule has 1 aliphatic heterocycles. The molecule has 1 rings (SSSR count). The smallest absolute Gasteiger partial charge is 0.451 e. The van der Waals surface area contributed by atoms with Gasteiger partial charge in [-0.25, -0.2) is 9.59 Å². The van der Waals surface area contributed by atoms with Crippen LogP contribution in [0.25, 0.3) is 0 Å². The molecule has 0 spiro atoms. The molecular formula is C6H8NO5. The van der Waals surface area contributed by atoms with Crippen molar-refractivity contribution in [3.63, 3.8) is 0 Å². The lowest BCUT2D eigenvalue weighted by Gasteiger charge is -2.08. The maximum Gasteiger partial charge on any atom is 0.510 e. The number of hydrogen-bond donors (Lipinski definition) is 0. The Morgan fingerprint density at radius 1 is 1.58 bits per heavy atom. The standard InChI is InChI=1S/C6H8NO5/c1-3-4(7-5(8)10-2)12-6(9)11-3/h3-4H,1-2H3. The van der Waals surface area contributed by atoms with E-state index in [0.717, 1.165) is 0 Å². The van der Waals surface area contributed by atoms with E-state index in [1.165, 1.54) is 7.11 Å². The van der Waals surface area contributed by atoms with E-state index in [1.807, 2.05) is 0 Å². The molecule has 6 nitrogen and oxygen atoms in total. The number of methoxy groups -OCH3 is 1. The van der Waals surface area contributed by atoms with Gasteiger partial charge in [0.25, 0.3) is 0 Å². The quantitative estimate of drug-likeness (QED) is 0.532. The molecule has 2 unspecified atom stereocenters. The molecule has 1 saturated heterocycles. The Labute approximate surface area is 68.8 Å². The van der Waals surface area contributed by atoms with Crippen LogP contribution in [0.2, 0.25) is 0 Å². The zero-order valence-corrected chi connectivity index (χ0v) is 6.64. The van der Waals surface area contributed by atoms with Crippen LogP contribution < -0.4 is 5.32 Å². The molecule has 0 N–H and O–H groups in total. The highest BCUT2D eigenvalue weighted by Crippen LogP contribution is 2.12. The molecule has 12 heavy (non-hydrogen) atoms. The van der Waals surface area contributed by atoms with Crippen molar-refractivity contribution in [3.05, 3.63) is 0 Å². The van der Waals surface area contributed by atoms with Gasteiger partial charge in [0.2, 0.25) is 6.23 Å². The lowest BCUT2D eigenvalue weighted by Crippen LogP contribution is -2.34. The van der Waals surface area contributed by atoms with Crippen molar-refractivity contribution in [2.75, 3.05) is 7.11 Å². The molecule has 0 saturated carbocycles. The first kappa shape index (κ1) is 8.63. The van der Waals surface area contributed by atoms with Crippen LogP contribution in [-0.2, 0) is 14.2 Å². The predicted molar refractivity (Wildman–Crippen MR) is 35.4 cm³/mol. The van der Waals surface area contributed by atoms with Gasteiger partial charge in [0.1, 0.15) is 0 Å². The van der Waals surface area contributed by atoms with Crippen molar-refractivity contribution >= 4 is 12.2 Å². The SMILES string of the molecule is COC(=O)[N]C1OC(=O)OC1C. The van der Waals surface area contributed by atoms with Crippen LogP contribution in [-0.4, -0.2) is 31.7 Å². The minimum atomic E-state index is -0.884. The van der Waals surface area contributed by atoms with Gasteiger partial charge in [-0.15, -0.1) is 0 Å². The summed E-state index contributed by atoms with van der Waals surface area (Å²) < 4.78 is 13.3. The van der Waals surface area contributed by atoms with Crippen LogP contribution in [0, 0.1) is 0 Å². The van der Waals surface area contributed by atoms with E-state index in [2.05, 4.69) is 19.5 Å². The Morgan fingerprint density at radius 2 is 2.25 bits per heavy atom. The molecule has 1 heterocycles. The van der Waals surface area contributed by atoms with E-state index >= 15 is 0 Å². The van der Waals surface area contributed by atoms with E-state index in [1.54, 1.807) is 6.92 Å². The molecule has 2 atom stereocenters. The first-order chi connectivity index (χ1) is 5.63. The monoisotopic (exact) mass is 174 g/mol. The maximum atomic E-state index is 10.6. The van der Waals surface area contributed by atoms with Gasteiger partial charge in [0.15, 0.2) is 6.10 Å². The van der Waals surface area contributed by atoms with Gasteiger partial charge in [0, 0.05) is 0 Å². The molecule has 1 fully saturated rings. The van der Waals surface area contributed by atoms with Crippen molar-refractivity contribution in [1.82, 2.24) is 5.32 Å². The van der Waals surface area contributed by atoms with Gasteiger partial charge in [-0.3, -0.25) is 0 Å². The third-order valence-electron chi connectivity index (χ3n) is 1.31. The van der Waals surface area contributed by atoms with Crippen LogP contribution in [0.4, 0.5) is 9.59 Å². The van der Waals surface area contributed by atoms with E-state index in [9.17, 15) is 9.59 Å². The summed E-state index contributed by atoms with van der Waals surface area (Å²) in [6, 6.07) is 0. The third kappa shape index (κ3) is 1.77. The van der Waals surface area contributed by atoms with E-state index in [0.29, 0.717) is 0 Å². The molecule has 0 aliphatic carbocycles. The Morgan fingerprint density at radius 3 is 2.67 bits per heavy atom. The van der Waals surface area contributed by atoms with Gasteiger partial charge in [0.05, 0.1) is 7.11 Å². The fraction of sp³-hybridized carbons (Fsp3) is 0.667. The molecular weight excluding hydrogens is 166 g/mol. The summed E-state index contributed by atoms with van der Waals surface area (Å²) in [4.78, 5) is 21.1. The average Bonchev–Trinajstić information content (AvgIpc) is 2.30. The lowest BCUT2D eigenvalue weighted by molar-refractivity contribution is 0.0969. The van der Waals surface area contributed by atoms with Gasteiger partial charge in [-0.1, -0.05) is 0 Å². The summed E-state index contributed by atoms with van der Waals surface area (Å²) in [5.74, 6) is 0. The molecule has 0 aromatic rings. The largest absolute Gasteiger partial charge is 0.510 e. The van der Waals surface area contributed by atoms with Crippen LogP contribution >= 0.6 is 0 Å². The van der Waals surface area contributed by atoms with Gasteiger partial charge >= 0.3 is 12.2 Å². The van der Waals surface area contributed by atoms with E-state index in [4.69, 9.17) is 0 Å². The Hall–Kier alpha value is -1.46. The highest BCUT2D eigenvalue weighted by molar-refractivity contribution is 5.68. The van der Waals surface area contributed by atoms with Crippen LogP contribution in [0.15, 0.2) is 0 Å². The summed E-state index contributed by atoms with van der Waals surface area (Å²) in [6.07, 6.45) is -3.04. The molecule has 67 valence electrons. The maximum absolute atomic E-state index is 10.6. The van der Waals surface area contributed by atoms with Crippen molar-refractivity contribution in [1.29, 1.82) is 0 Å². The van der Waals surface area contributed by atoms with E-state index in [-0.39, 0.29) is 0 Å². The van der Waals surface area contributed by atoms with Crippen molar-refractivity contribution in [2.45, 2.75) is 19.3 Å². The summed E-state index contributed by atoms with van der Waals surface area (Å²) in [5.41, 5.74) is 0. The number of cyclic esters (lactones) is 2. The second-order valence-electron chi connectivity index (χ2n) is 2.18. The number of carbonyl (C=O) groups is 2. The molecule has 6 heteroatoms. The molecule has 0 bridgehead atoms. The minimum Gasteiger partial charge on any atom is -0.451 e. The number of amides is 1. The predicted octanol–water partition coefficient (Wildman–Crippen LogP) is 0.239. The minimum absolute atomic E-state index is 0.545. The number of carbonyl (C=O) groups excluding carboxylic acids is 2. The fourth-order valence-electron chi connectivity index (χ4n) is 0.720. The Bertz CT molecular complexity index is 204. The van der Waals surface area contributed by atoms with E-state index < -0.39 is 24.6 Å². The third-order valence-corrected chi connectivity index (χ3v) is 1.31. The van der Waals surface area contributed by atoms with Crippen LogP contribution in [0.5, 0.6) is 0 Å². The van der Waals surface area contributed by atoms with Crippen molar-refractivity contribution in [2.24, 2.45) is 0 Å². The van der Waals surface area contributed by atoms with Gasteiger partial charge in [-0.2, -0.15) is 5.32 Å². The molecule has 0 aromatic carbocycles. The summed E-state index contributed by atoms with van der Waals surface area (Å²) in [6.45, 7) is 1.57. The topological polar surface area (TPSA) is 75.9 Å². The summed E-state index contributed by atoms with van der Waals surface area (Å²) in [7, 11) is 1.19. The first-order valence-electron chi connectivity index (χ1n) is 3.29. The Kier molecular flexibility index (Phi) is 2.37. The number of hydrogen-bond acceptors (Lipinski definition) is 5. The van der Waals surface area contributed by atoms with Gasteiger partial charge in [-0.05, 0) is 6.92 Å². The Balaban J connectivity index is 2.42. The summed E-state index contributed by atoms with van der Waals surface area (Å²) >= 11 is 0. The highest BCUT2D eigenvalue weighted by atomic mass is 16.8. The zero-order chi connectivity index (χ0) is 9.14. The van der Waals surface area contributed by atoms with Gasteiger partial charge < -0.3 is 14.2 Å². The number of ether oxygens (including phenoxy) is 3. The second kappa shape index (κ2) is 3.29. The molecule has 1 amide bonds. The lowest BCUT2D eigenvalue weighted by atomic mass is 10.4. The zero-order valence-electron chi connectivity index (χ0n) is 6.64. The molecule has 1 aliphatic rings. The fourth-order valence-corrected chi connectivity index (χ4v) is 0.720. The first-order valence-corrected chi connectivity index (χ1v) is 3.29. The molecule has 1 radical (unpaired) electrons. The number of nitrogens with zero attached hydrogens (tertiary/aromatic N) is 1. The number of rotatable bonds is 1. The van der Waals surface area contributed by atoms with Crippen molar-refractivity contribution in [3.8, 4) is 0 Å². The highest BCUT2D eigenvalue weighted by Gasteiger charge is 2.36. The molecule has 0 aromatic heterocycles. The second-order valence-corrected chi connectivity index (χ2v) is 2.18. The normalized spacial score (nSPS) is 27.3. The van der Waals surface area contributed by atoms with Crippen LogP contribution in [0.3, 0.4) is 0 Å². The summed E-state index contributed by atoms with van der Waals surface area (Å²) in [5, 5.41) is 3.40. The van der Waals surface area contributed by atoms with Crippen molar-refractivity contribution < 1.29 is 23.8 Å². The van der Waals surface area contributed by atoms with Crippen LogP contribution in [0.1, 0.15) is 6.92 Å². The average molecular weight is 174 g/mol.